The van der Waals surface area contributed by atoms with Crippen molar-refractivity contribution in [2.24, 2.45) is 0 Å². The van der Waals surface area contributed by atoms with E-state index in [2.05, 4.69) is 10.6 Å². The Kier molecular flexibility index (Phi) is 4.37. The summed E-state index contributed by atoms with van der Waals surface area (Å²) >= 11 is 5.10. The lowest BCUT2D eigenvalue weighted by Crippen LogP contribution is -2.28. The van der Waals surface area contributed by atoms with Crippen molar-refractivity contribution in [2.45, 2.75) is 13.8 Å². The van der Waals surface area contributed by atoms with Crippen molar-refractivity contribution in [3.05, 3.63) is 23.8 Å². The minimum atomic E-state index is 0.644. The van der Waals surface area contributed by atoms with E-state index < -0.39 is 0 Å². The monoisotopic (exact) mass is 224 g/mol. The van der Waals surface area contributed by atoms with Crippen LogP contribution in [0.15, 0.2) is 18.2 Å². The third kappa shape index (κ3) is 3.40. The molecular formula is C11H16N2OS. The lowest BCUT2D eigenvalue weighted by atomic mass is 10.2. The Hall–Kier alpha value is -1.29. The van der Waals surface area contributed by atoms with E-state index in [0.29, 0.717) is 5.11 Å². The molecule has 0 aliphatic rings. The number of nitrogens with one attached hydrogen (secondary N) is 2. The number of benzene rings is 1. The molecule has 0 saturated carbocycles. The molecular weight excluding hydrogens is 208 g/mol. The molecule has 0 unspecified atom stereocenters. The van der Waals surface area contributed by atoms with Crippen LogP contribution in [-0.2, 0) is 0 Å². The van der Waals surface area contributed by atoms with Crippen LogP contribution < -0.4 is 15.4 Å². The molecule has 15 heavy (non-hydrogen) atoms. The first-order chi connectivity index (χ1) is 7.17. The molecule has 0 fully saturated rings. The topological polar surface area (TPSA) is 33.3 Å². The zero-order valence-electron chi connectivity index (χ0n) is 9.26. The number of methoxy groups -OCH3 is 1. The van der Waals surface area contributed by atoms with E-state index in [4.69, 9.17) is 17.0 Å². The predicted octanol–water partition coefficient (Wildman–Crippen LogP) is 2.31. The smallest absolute Gasteiger partial charge is 0.170 e. The standard InChI is InChI=1S/C11H16N2OS/c1-4-12-11(15)13-10-6-5-9(14-3)7-8(10)2/h5-7H,4H2,1-3H3,(H2,12,13,15). The van der Waals surface area contributed by atoms with E-state index in [-0.39, 0.29) is 0 Å². The van der Waals surface area contributed by atoms with Crippen molar-refractivity contribution in [1.29, 1.82) is 0 Å². The number of hydrogen-bond acceptors (Lipinski definition) is 2. The van der Waals surface area contributed by atoms with Crippen molar-refractivity contribution in [2.75, 3.05) is 19.0 Å². The Labute approximate surface area is 95.8 Å². The highest BCUT2D eigenvalue weighted by molar-refractivity contribution is 7.80. The number of thiocarbonyl (C=S) groups is 1. The second-order valence-corrected chi connectivity index (χ2v) is 3.57. The number of rotatable bonds is 3. The summed E-state index contributed by atoms with van der Waals surface area (Å²) in [5, 5.41) is 6.81. The molecule has 0 spiro atoms. The summed E-state index contributed by atoms with van der Waals surface area (Å²) < 4.78 is 5.13. The molecule has 0 radical (unpaired) electrons. The van der Waals surface area contributed by atoms with E-state index in [1.54, 1.807) is 7.11 Å². The molecule has 1 aromatic rings. The van der Waals surface area contributed by atoms with Crippen LogP contribution in [-0.4, -0.2) is 18.8 Å². The maximum Gasteiger partial charge on any atom is 0.170 e. The molecule has 82 valence electrons. The number of ether oxygens (including phenoxy) is 1. The Morgan fingerprint density at radius 3 is 2.73 bits per heavy atom. The van der Waals surface area contributed by atoms with Crippen LogP contribution in [0.2, 0.25) is 0 Å². The number of anilines is 1. The van der Waals surface area contributed by atoms with Crippen molar-refractivity contribution in [3.8, 4) is 5.75 Å². The van der Waals surface area contributed by atoms with Crippen LogP contribution in [0.3, 0.4) is 0 Å². The van der Waals surface area contributed by atoms with Crippen LogP contribution in [0, 0.1) is 6.92 Å². The zero-order chi connectivity index (χ0) is 11.3. The van der Waals surface area contributed by atoms with Crippen molar-refractivity contribution < 1.29 is 4.74 Å². The second-order valence-electron chi connectivity index (χ2n) is 3.17. The Morgan fingerprint density at radius 2 is 2.20 bits per heavy atom. The van der Waals surface area contributed by atoms with Gasteiger partial charge in [0.1, 0.15) is 5.75 Å². The summed E-state index contributed by atoms with van der Waals surface area (Å²) in [7, 11) is 1.66. The summed E-state index contributed by atoms with van der Waals surface area (Å²) in [6.07, 6.45) is 0. The van der Waals surface area contributed by atoms with Crippen LogP contribution in [0.5, 0.6) is 5.75 Å². The molecule has 0 aliphatic carbocycles. The lowest BCUT2D eigenvalue weighted by molar-refractivity contribution is 0.414. The van der Waals surface area contributed by atoms with Gasteiger partial charge in [-0.05, 0) is 49.8 Å². The first-order valence-corrected chi connectivity index (χ1v) is 5.27. The first kappa shape index (κ1) is 11.8. The zero-order valence-corrected chi connectivity index (χ0v) is 10.1. The Balaban J connectivity index is 2.73. The van der Waals surface area contributed by atoms with E-state index in [1.165, 1.54) is 0 Å². The average molecular weight is 224 g/mol. The molecule has 0 bridgehead atoms. The molecule has 0 heterocycles. The fourth-order valence-electron chi connectivity index (χ4n) is 1.23. The summed E-state index contributed by atoms with van der Waals surface area (Å²) in [6.45, 7) is 4.84. The van der Waals surface area contributed by atoms with Gasteiger partial charge in [0.05, 0.1) is 7.11 Å². The van der Waals surface area contributed by atoms with E-state index >= 15 is 0 Å². The first-order valence-electron chi connectivity index (χ1n) is 4.87. The summed E-state index contributed by atoms with van der Waals surface area (Å²) in [6, 6.07) is 5.83. The van der Waals surface area contributed by atoms with Crippen LogP contribution >= 0.6 is 12.2 Å². The van der Waals surface area contributed by atoms with Crippen LogP contribution in [0.4, 0.5) is 5.69 Å². The third-order valence-electron chi connectivity index (χ3n) is 2.02. The molecule has 2 N–H and O–H groups in total. The van der Waals surface area contributed by atoms with Gasteiger partial charge >= 0.3 is 0 Å². The van der Waals surface area contributed by atoms with E-state index in [1.807, 2.05) is 32.0 Å². The molecule has 0 amide bonds. The average Bonchev–Trinajstić information content (AvgIpc) is 2.21. The van der Waals surface area contributed by atoms with E-state index in [0.717, 1.165) is 23.5 Å². The Morgan fingerprint density at radius 1 is 1.47 bits per heavy atom. The predicted molar refractivity (Wildman–Crippen MR) is 67.6 cm³/mol. The van der Waals surface area contributed by atoms with Crippen LogP contribution in [0.25, 0.3) is 0 Å². The third-order valence-corrected chi connectivity index (χ3v) is 2.27. The molecule has 0 aromatic heterocycles. The number of aryl methyl sites for hydroxylation is 1. The van der Waals surface area contributed by atoms with Crippen molar-refractivity contribution in [1.82, 2.24) is 5.32 Å². The van der Waals surface area contributed by atoms with Gasteiger partial charge in [0.25, 0.3) is 0 Å². The fourth-order valence-corrected chi connectivity index (χ4v) is 1.48. The minimum Gasteiger partial charge on any atom is -0.497 e. The lowest BCUT2D eigenvalue weighted by Gasteiger charge is -2.12. The van der Waals surface area contributed by atoms with Gasteiger partial charge in [-0.3, -0.25) is 0 Å². The second kappa shape index (κ2) is 5.56. The van der Waals surface area contributed by atoms with E-state index in [9.17, 15) is 0 Å². The molecule has 0 aliphatic heterocycles. The highest BCUT2D eigenvalue weighted by Crippen LogP contribution is 2.20. The van der Waals surface area contributed by atoms with Crippen molar-refractivity contribution in [3.63, 3.8) is 0 Å². The van der Waals surface area contributed by atoms with Gasteiger partial charge in [0.2, 0.25) is 0 Å². The largest absolute Gasteiger partial charge is 0.497 e. The van der Waals surface area contributed by atoms with Gasteiger partial charge in [0, 0.05) is 12.2 Å². The maximum absolute atomic E-state index is 5.13. The summed E-state index contributed by atoms with van der Waals surface area (Å²) in [5.74, 6) is 0.854. The molecule has 1 rings (SSSR count). The Bertz CT molecular complexity index is 352. The summed E-state index contributed by atoms with van der Waals surface area (Å²) in [4.78, 5) is 0. The fraction of sp³-hybridized carbons (Fsp3) is 0.364. The van der Waals surface area contributed by atoms with Gasteiger partial charge in [-0.25, -0.2) is 0 Å². The normalized spacial score (nSPS) is 9.53. The molecule has 0 atom stereocenters. The van der Waals surface area contributed by atoms with Crippen LogP contribution in [0.1, 0.15) is 12.5 Å². The van der Waals surface area contributed by atoms with Gasteiger partial charge in [-0.2, -0.15) is 0 Å². The SMILES string of the molecule is CCNC(=S)Nc1ccc(OC)cc1C. The molecule has 3 nitrogen and oxygen atoms in total. The van der Waals surface area contributed by atoms with Crippen molar-refractivity contribution >= 4 is 23.0 Å². The molecule has 4 heteroatoms. The minimum absolute atomic E-state index is 0.644. The highest BCUT2D eigenvalue weighted by Gasteiger charge is 2.01. The van der Waals surface area contributed by atoms with Gasteiger partial charge < -0.3 is 15.4 Å². The number of hydrogen-bond donors (Lipinski definition) is 2. The van der Waals surface area contributed by atoms with Gasteiger partial charge in [0.15, 0.2) is 5.11 Å². The quantitative estimate of drug-likeness (QED) is 0.772. The maximum atomic E-state index is 5.13. The summed E-state index contributed by atoms with van der Waals surface area (Å²) in [5.41, 5.74) is 2.11. The van der Waals surface area contributed by atoms with Gasteiger partial charge in [-0.1, -0.05) is 0 Å². The highest BCUT2D eigenvalue weighted by atomic mass is 32.1. The molecule has 1 aromatic carbocycles. The molecule has 0 saturated heterocycles. The van der Waals surface area contributed by atoms with Gasteiger partial charge in [-0.15, -0.1) is 0 Å².